The van der Waals surface area contributed by atoms with Gasteiger partial charge in [-0.3, -0.25) is 0 Å². The lowest BCUT2D eigenvalue weighted by Crippen LogP contribution is -2.02. The first-order chi connectivity index (χ1) is 9.10. The van der Waals surface area contributed by atoms with E-state index in [-0.39, 0.29) is 5.82 Å². The smallest absolute Gasteiger partial charge is 0.142 e. The molecule has 2 aromatic carbocycles. The summed E-state index contributed by atoms with van der Waals surface area (Å²) >= 11 is 3.41. The lowest BCUT2D eigenvalue weighted by molar-refractivity contribution is 0.416. The zero-order valence-corrected chi connectivity index (χ0v) is 12.4. The van der Waals surface area contributed by atoms with Crippen LogP contribution in [0.25, 0.3) is 0 Å². The Bertz CT molecular complexity index is 586. The molecule has 0 saturated heterocycles. The maximum Gasteiger partial charge on any atom is 0.142 e. The van der Waals surface area contributed by atoms with Gasteiger partial charge in [0.2, 0.25) is 0 Å². The molecule has 0 fully saturated rings. The first-order valence-corrected chi connectivity index (χ1v) is 6.72. The fourth-order valence-corrected chi connectivity index (χ4v) is 2.20. The van der Waals surface area contributed by atoms with Gasteiger partial charge in [-0.1, -0.05) is 22.0 Å². The van der Waals surface area contributed by atoms with Crippen LogP contribution in [0.5, 0.6) is 5.75 Å². The van der Waals surface area contributed by atoms with Gasteiger partial charge in [0.1, 0.15) is 11.6 Å². The summed E-state index contributed by atoms with van der Waals surface area (Å²) < 4.78 is 19.4. The molecule has 2 aromatic rings. The van der Waals surface area contributed by atoms with E-state index in [1.165, 1.54) is 12.1 Å². The van der Waals surface area contributed by atoms with Gasteiger partial charge in [-0.15, -0.1) is 0 Å². The molecule has 100 valence electrons. The fraction of sp³-hybridized carbons (Fsp3) is 0.200. The quantitative estimate of drug-likeness (QED) is 0.893. The average molecular weight is 324 g/mol. The Labute approximate surface area is 120 Å². The van der Waals surface area contributed by atoms with Gasteiger partial charge in [-0.2, -0.15) is 0 Å². The number of aryl methyl sites for hydroxylation is 1. The standard InChI is InChI=1S/C15H15BrFNO/c1-10-3-6-14(15(7-10)19-2)18-9-11-8-12(17)4-5-13(11)16/h3-8,18H,9H2,1-2H3. The molecule has 0 aliphatic heterocycles. The van der Waals surface area contributed by atoms with E-state index in [9.17, 15) is 4.39 Å². The highest BCUT2D eigenvalue weighted by atomic mass is 79.9. The highest BCUT2D eigenvalue weighted by Gasteiger charge is 2.05. The Hall–Kier alpha value is -1.55. The average Bonchev–Trinajstić information content (AvgIpc) is 2.40. The normalized spacial score (nSPS) is 10.3. The predicted molar refractivity (Wildman–Crippen MR) is 79.2 cm³/mol. The van der Waals surface area contributed by atoms with E-state index < -0.39 is 0 Å². The molecule has 2 rings (SSSR count). The molecule has 1 N–H and O–H groups in total. The van der Waals surface area contributed by atoms with Crippen molar-refractivity contribution >= 4 is 21.6 Å². The zero-order chi connectivity index (χ0) is 13.8. The van der Waals surface area contributed by atoms with Crippen LogP contribution in [0.4, 0.5) is 10.1 Å². The second-order valence-corrected chi connectivity index (χ2v) is 5.15. The molecular weight excluding hydrogens is 309 g/mol. The molecule has 0 aliphatic rings. The second-order valence-electron chi connectivity index (χ2n) is 4.29. The number of rotatable bonds is 4. The van der Waals surface area contributed by atoms with Crippen molar-refractivity contribution in [3.05, 3.63) is 57.8 Å². The molecule has 0 unspecified atom stereocenters. The number of ether oxygens (including phenoxy) is 1. The van der Waals surface area contributed by atoms with E-state index >= 15 is 0 Å². The summed E-state index contributed by atoms with van der Waals surface area (Å²) in [6.45, 7) is 2.53. The van der Waals surface area contributed by atoms with Crippen molar-refractivity contribution in [3.8, 4) is 5.75 Å². The Morgan fingerprint density at radius 3 is 2.74 bits per heavy atom. The molecule has 0 amide bonds. The van der Waals surface area contributed by atoms with Gasteiger partial charge < -0.3 is 10.1 Å². The van der Waals surface area contributed by atoms with E-state index in [1.807, 2.05) is 25.1 Å². The molecule has 0 saturated carbocycles. The monoisotopic (exact) mass is 323 g/mol. The van der Waals surface area contributed by atoms with Gasteiger partial charge in [-0.05, 0) is 48.4 Å². The first-order valence-electron chi connectivity index (χ1n) is 5.92. The predicted octanol–water partition coefficient (Wildman–Crippen LogP) is 4.52. The van der Waals surface area contributed by atoms with Gasteiger partial charge in [0.05, 0.1) is 12.8 Å². The van der Waals surface area contributed by atoms with Crippen LogP contribution in [0.15, 0.2) is 40.9 Å². The maximum atomic E-state index is 13.2. The second kappa shape index (κ2) is 6.06. The van der Waals surface area contributed by atoms with Crippen LogP contribution in [0, 0.1) is 12.7 Å². The SMILES string of the molecule is COc1cc(C)ccc1NCc1cc(F)ccc1Br. The molecule has 0 atom stereocenters. The topological polar surface area (TPSA) is 21.3 Å². The van der Waals surface area contributed by atoms with Gasteiger partial charge in [-0.25, -0.2) is 4.39 Å². The van der Waals surface area contributed by atoms with E-state index in [0.29, 0.717) is 6.54 Å². The number of hydrogen-bond acceptors (Lipinski definition) is 2. The van der Waals surface area contributed by atoms with Crippen LogP contribution in [0.3, 0.4) is 0 Å². The molecule has 0 aromatic heterocycles. The van der Waals surface area contributed by atoms with Crippen LogP contribution in [-0.4, -0.2) is 7.11 Å². The maximum absolute atomic E-state index is 13.2. The summed E-state index contributed by atoms with van der Waals surface area (Å²) in [5.74, 6) is 0.545. The lowest BCUT2D eigenvalue weighted by Gasteiger charge is -2.12. The first kappa shape index (κ1) is 13.9. The van der Waals surface area contributed by atoms with Gasteiger partial charge >= 0.3 is 0 Å². The van der Waals surface area contributed by atoms with Crippen molar-refractivity contribution in [2.45, 2.75) is 13.5 Å². The minimum absolute atomic E-state index is 0.240. The fourth-order valence-electron chi connectivity index (χ4n) is 1.81. The third kappa shape index (κ3) is 3.47. The minimum Gasteiger partial charge on any atom is -0.495 e. The van der Waals surface area contributed by atoms with E-state index in [1.54, 1.807) is 13.2 Å². The highest BCUT2D eigenvalue weighted by Crippen LogP contribution is 2.27. The Kier molecular flexibility index (Phi) is 4.43. The van der Waals surface area contributed by atoms with E-state index in [0.717, 1.165) is 27.0 Å². The number of benzene rings is 2. The zero-order valence-electron chi connectivity index (χ0n) is 10.8. The molecule has 0 bridgehead atoms. The third-order valence-electron chi connectivity index (χ3n) is 2.83. The van der Waals surface area contributed by atoms with Crippen LogP contribution < -0.4 is 10.1 Å². The van der Waals surface area contributed by atoms with Gasteiger partial charge in [0.15, 0.2) is 0 Å². The number of methoxy groups -OCH3 is 1. The molecular formula is C15H15BrFNO. The van der Waals surface area contributed by atoms with Crippen LogP contribution in [0.2, 0.25) is 0 Å². The number of anilines is 1. The third-order valence-corrected chi connectivity index (χ3v) is 3.61. The summed E-state index contributed by atoms with van der Waals surface area (Å²) in [4.78, 5) is 0. The number of halogens is 2. The summed E-state index contributed by atoms with van der Waals surface area (Å²) in [5, 5.41) is 3.25. The largest absolute Gasteiger partial charge is 0.495 e. The molecule has 4 heteroatoms. The van der Waals surface area contributed by atoms with Crippen molar-refractivity contribution in [2.75, 3.05) is 12.4 Å². The number of hydrogen-bond donors (Lipinski definition) is 1. The summed E-state index contributed by atoms with van der Waals surface area (Å²) in [5.41, 5.74) is 2.89. The summed E-state index contributed by atoms with van der Waals surface area (Å²) in [6.07, 6.45) is 0. The number of nitrogens with one attached hydrogen (secondary N) is 1. The Balaban J connectivity index is 2.16. The van der Waals surface area contributed by atoms with Crippen molar-refractivity contribution in [1.82, 2.24) is 0 Å². The molecule has 2 nitrogen and oxygen atoms in total. The summed E-state index contributed by atoms with van der Waals surface area (Å²) in [7, 11) is 1.64. The van der Waals surface area contributed by atoms with Crippen LogP contribution >= 0.6 is 15.9 Å². The van der Waals surface area contributed by atoms with E-state index in [2.05, 4.69) is 21.2 Å². The highest BCUT2D eigenvalue weighted by molar-refractivity contribution is 9.10. The van der Waals surface area contributed by atoms with E-state index in [4.69, 9.17) is 4.74 Å². The van der Waals surface area contributed by atoms with Crippen molar-refractivity contribution in [1.29, 1.82) is 0 Å². The van der Waals surface area contributed by atoms with Crippen LogP contribution in [-0.2, 0) is 6.54 Å². The molecule has 0 aliphatic carbocycles. The molecule has 0 spiro atoms. The Morgan fingerprint density at radius 1 is 1.21 bits per heavy atom. The van der Waals surface area contributed by atoms with Crippen molar-refractivity contribution < 1.29 is 9.13 Å². The van der Waals surface area contributed by atoms with Crippen LogP contribution in [0.1, 0.15) is 11.1 Å². The van der Waals surface area contributed by atoms with Crippen molar-refractivity contribution in [3.63, 3.8) is 0 Å². The molecule has 0 radical (unpaired) electrons. The van der Waals surface area contributed by atoms with Gasteiger partial charge in [0.25, 0.3) is 0 Å². The molecule has 19 heavy (non-hydrogen) atoms. The van der Waals surface area contributed by atoms with Crippen molar-refractivity contribution in [2.24, 2.45) is 0 Å². The molecule has 0 heterocycles. The van der Waals surface area contributed by atoms with Gasteiger partial charge in [0, 0.05) is 11.0 Å². The minimum atomic E-state index is -0.240. The lowest BCUT2D eigenvalue weighted by atomic mass is 10.2. The summed E-state index contributed by atoms with van der Waals surface area (Å²) in [6, 6.07) is 10.6. The Morgan fingerprint density at radius 2 is 2.00 bits per heavy atom.